The van der Waals surface area contributed by atoms with Gasteiger partial charge in [0.15, 0.2) is 0 Å². The summed E-state index contributed by atoms with van der Waals surface area (Å²) in [7, 11) is 1.57. The van der Waals surface area contributed by atoms with Crippen molar-refractivity contribution in [2.24, 2.45) is 0 Å². The number of rotatable bonds is 3. The molecule has 1 amide bonds. The maximum absolute atomic E-state index is 13.5. The quantitative estimate of drug-likeness (QED) is 0.858. The zero-order chi connectivity index (χ0) is 14.7. The Bertz CT molecular complexity index is 646. The molecule has 20 heavy (non-hydrogen) atoms. The molecule has 0 spiro atoms. The van der Waals surface area contributed by atoms with Gasteiger partial charge in [-0.2, -0.15) is 0 Å². The average molecular weight is 293 g/mol. The van der Waals surface area contributed by atoms with E-state index in [0.717, 1.165) is 0 Å². The Labute approximate surface area is 121 Å². The van der Waals surface area contributed by atoms with Crippen molar-refractivity contribution in [1.29, 1.82) is 0 Å². The predicted molar refractivity (Wildman–Crippen MR) is 75.8 cm³/mol. The minimum Gasteiger partial charge on any atom is -0.337 e. The van der Waals surface area contributed by atoms with Crippen LogP contribution < -0.4 is 0 Å². The lowest BCUT2D eigenvalue weighted by Crippen LogP contribution is -2.26. The van der Waals surface area contributed by atoms with Crippen molar-refractivity contribution in [2.45, 2.75) is 11.4 Å². The van der Waals surface area contributed by atoms with Gasteiger partial charge in [-0.25, -0.2) is 8.78 Å². The van der Waals surface area contributed by atoms with Gasteiger partial charge in [0.1, 0.15) is 11.6 Å². The fourth-order valence-electron chi connectivity index (χ4n) is 1.82. The highest BCUT2D eigenvalue weighted by Gasteiger charge is 2.14. The van der Waals surface area contributed by atoms with Gasteiger partial charge in [-0.05, 0) is 24.3 Å². The Kier molecular flexibility index (Phi) is 4.39. The first-order valence-corrected chi connectivity index (χ1v) is 6.41. The van der Waals surface area contributed by atoms with Gasteiger partial charge < -0.3 is 4.90 Å². The standard InChI is InChI=1S/C15H13F2NOS/c1-18(9-11-4-2-3-5-12(11)16)15(19)10-6-7-13(17)14(20)8-10/h2-8,20H,9H2,1H3. The van der Waals surface area contributed by atoms with Crippen LogP contribution in [0.15, 0.2) is 47.4 Å². The molecular weight excluding hydrogens is 280 g/mol. The molecule has 0 atom stereocenters. The third kappa shape index (κ3) is 3.17. The van der Waals surface area contributed by atoms with Crippen LogP contribution in [0.2, 0.25) is 0 Å². The van der Waals surface area contributed by atoms with E-state index < -0.39 is 5.82 Å². The third-order valence-electron chi connectivity index (χ3n) is 2.91. The van der Waals surface area contributed by atoms with Crippen LogP contribution in [0.5, 0.6) is 0 Å². The Hall–Kier alpha value is -1.88. The molecular formula is C15H13F2NOS. The number of amides is 1. The van der Waals surface area contributed by atoms with Crippen molar-refractivity contribution in [1.82, 2.24) is 4.90 Å². The summed E-state index contributed by atoms with van der Waals surface area (Å²) in [6.07, 6.45) is 0. The largest absolute Gasteiger partial charge is 0.337 e. The normalized spacial score (nSPS) is 10.4. The van der Waals surface area contributed by atoms with Crippen molar-refractivity contribution < 1.29 is 13.6 Å². The number of hydrogen-bond acceptors (Lipinski definition) is 2. The van der Waals surface area contributed by atoms with Gasteiger partial charge >= 0.3 is 0 Å². The monoisotopic (exact) mass is 293 g/mol. The molecule has 0 aliphatic heterocycles. The van der Waals surface area contributed by atoms with Crippen molar-refractivity contribution in [3.63, 3.8) is 0 Å². The molecule has 2 aromatic rings. The SMILES string of the molecule is CN(Cc1ccccc1F)C(=O)c1ccc(F)c(S)c1. The van der Waals surface area contributed by atoms with E-state index in [2.05, 4.69) is 12.6 Å². The summed E-state index contributed by atoms with van der Waals surface area (Å²) in [4.78, 5) is 13.7. The van der Waals surface area contributed by atoms with E-state index in [0.29, 0.717) is 11.1 Å². The van der Waals surface area contributed by atoms with E-state index in [9.17, 15) is 13.6 Å². The summed E-state index contributed by atoms with van der Waals surface area (Å²) in [5.74, 6) is -1.16. The summed E-state index contributed by atoms with van der Waals surface area (Å²) in [5.41, 5.74) is 0.742. The van der Waals surface area contributed by atoms with Crippen LogP contribution in [0, 0.1) is 11.6 Å². The Morgan fingerprint density at radius 2 is 1.85 bits per heavy atom. The summed E-state index contributed by atoms with van der Waals surface area (Å²) in [6.45, 7) is 0.144. The van der Waals surface area contributed by atoms with Crippen molar-refractivity contribution in [3.8, 4) is 0 Å². The fraction of sp³-hybridized carbons (Fsp3) is 0.133. The number of carbonyl (C=O) groups is 1. The molecule has 0 aromatic heterocycles. The molecule has 0 saturated carbocycles. The first kappa shape index (κ1) is 14.5. The molecule has 104 valence electrons. The molecule has 0 radical (unpaired) electrons. The van der Waals surface area contributed by atoms with E-state index >= 15 is 0 Å². The Morgan fingerprint density at radius 1 is 1.15 bits per heavy atom. The van der Waals surface area contributed by atoms with E-state index in [1.807, 2.05) is 0 Å². The lowest BCUT2D eigenvalue weighted by molar-refractivity contribution is 0.0783. The average Bonchev–Trinajstić information content (AvgIpc) is 2.43. The zero-order valence-corrected chi connectivity index (χ0v) is 11.7. The zero-order valence-electron chi connectivity index (χ0n) is 10.8. The van der Waals surface area contributed by atoms with Gasteiger partial charge in [0.25, 0.3) is 5.91 Å². The van der Waals surface area contributed by atoms with E-state index in [4.69, 9.17) is 0 Å². The van der Waals surface area contributed by atoms with Gasteiger partial charge in [0.2, 0.25) is 0 Å². The molecule has 0 heterocycles. The van der Waals surface area contributed by atoms with Crippen LogP contribution in [-0.2, 0) is 6.54 Å². The van der Waals surface area contributed by atoms with Gasteiger partial charge in [-0.1, -0.05) is 18.2 Å². The number of hydrogen-bond donors (Lipinski definition) is 1. The van der Waals surface area contributed by atoms with Gasteiger partial charge in [0, 0.05) is 29.6 Å². The number of halogens is 2. The predicted octanol–water partition coefficient (Wildman–Crippen LogP) is 3.53. The van der Waals surface area contributed by atoms with Crippen LogP contribution in [0.1, 0.15) is 15.9 Å². The second-order valence-electron chi connectivity index (χ2n) is 4.42. The lowest BCUT2D eigenvalue weighted by atomic mass is 10.1. The molecule has 0 fully saturated rings. The van der Waals surface area contributed by atoms with Crippen LogP contribution in [0.25, 0.3) is 0 Å². The Balaban J connectivity index is 2.16. The summed E-state index contributed by atoms with van der Waals surface area (Å²) in [5, 5.41) is 0. The number of nitrogens with zero attached hydrogens (tertiary/aromatic N) is 1. The fourth-order valence-corrected chi connectivity index (χ4v) is 2.03. The third-order valence-corrected chi connectivity index (χ3v) is 3.25. The molecule has 0 bridgehead atoms. The van der Waals surface area contributed by atoms with Crippen LogP contribution in [-0.4, -0.2) is 17.9 Å². The van der Waals surface area contributed by atoms with Crippen LogP contribution in [0.3, 0.4) is 0 Å². The van der Waals surface area contributed by atoms with Crippen molar-refractivity contribution >= 4 is 18.5 Å². The van der Waals surface area contributed by atoms with Gasteiger partial charge in [-0.15, -0.1) is 12.6 Å². The number of carbonyl (C=O) groups excluding carboxylic acids is 1. The van der Waals surface area contributed by atoms with E-state index in [1.165, 1.54) is 29.2 Å². The highest BCUT2D eigenvalue weighted by molar-refractivity contribution is 7.80. The minimum absolute atomic E-state index is 0.107. The highest BCUT2D eigenvalue weighted by atomic mass is 32.1. The van der Waals surface area contributed by atoms with Crippen LogP contribution >= 0.6 is 12.6 Å². The molecule has 0 N–H and O–H groups in total. The molecule has 0 saturated heterocycles. The maximum atomic E-state index is 13.5. The second-order valence-corrected chi connectivity index (χ2v) is 4.90. The van der Waals surface area contributed by atoms with Gasteiger partial charge in [-0.3, -0.25) is 4.79 Å². The summed E-state index contributed by atoms with van der Waals surface area (Å²) in [6, 6.07) is 10.2. The first-order valence-electron chi connectivity index (χ1n) is 5.96. The van der Waals surface area contributed by atoms with Gasteiger partial charge in [0.05, 0.1) is 0 Å². The molecule has 2 nitrogen and oxygen atoms in total. The van der Waals surface area contributed by atoms with E-state index in [-0.39, 0.29) is 23.2 Å². The molecule has 5 heteroatoms. The molecule has 0 aliphatic rings. The van der Waals surface area contributed by atoms with Crippen LogP contribution in [0.4, 0.5) is 8.78 Å². The first-order chi connectivity index (χ1) is 9.49. The molecule has 2 rings (SSSR count). The van der Waals surface area contributed by atoms with Crippen molar-refractivity contribution in [3.05, 3.63) is 65.2 Å². The molecule has 0 unspecified atom stereocenters. The maximum Gasteiger partial charge on any atom is 0.253 e. The molecule has 0 aliphatic carbocycles. The lowest BCUT2D eigenvalue weighted by Gasteiger charge is -2.18. The smallest absolute Gasteiger partial charge is 0.253 e. The summed E-state index contributed by atoms with van der Waals surface area (Å²) >= 11 is 3.94. The topological polar surface area (TPSA) is 20.3 Å². The summed E-state index contributed by atoms with van der Waals surface area (Å²) < 4.78 is 26.6. The second kappa shape index (κ2) is 6.05. The minimum atomic E-state index is -0.485. The number of thiol groups is 1. The highest BCUT2D eigenvalue weighted by Crippen LogP contribution is 2.17. The van der Waals surface area contributed by atoms with E-state index in [1.54, 1.807) is 25.2 Å². The Morgan fingerprint density at radius 3 is 2.50 bits per heavy atom. The molecule has 2 aromatic carbocycles. The number of benzene rings is 2. The van der Waals surface area contributed by atoms with Crippen molar-refractivity contribution in [2.75, 3.05) is 7.05 Å².